The second-order valence-electron chi connectivity index (χ2n) is 4.95. The predicted molar refractivity (Wildman–Crippen MR) is 81.3 cm³/mol. The lowest BCUT2D eigenvalue weighted by molar-refractivity contribution is 0.0525. The number of amides is 1. The van der Waals surface area contributed by atoms with Gasteiger partial charge in [-0.25, -0.2) is 9.78 Å². The van der Waals surface area contributed by atoms with Gasteiger partial charge >= 0.3 is 6.09 Å². The van der Waals surface area contributed by atoms with E-state index in [9.17, 15) is 4.79 Å². The van der Waals surface area contributed by atoms with Crippen LogP contribution < -0.4 is 10.1 Å². The second-order valence-corrected chi connectivity index (χ2v) is 6.19. The minimum atomic E-state index is -0.467. The Balaban J connectivity index is 2.11. The highest BCUT2D eigenvalue weighted by Crippen LogP contribution is 2.09. The Kier molecular flexibility index (Phi) is 6.33. The van der Waals surface area contributed by atoms with Crippen molar-refractivity contribution in [3.8, 4) is 5.88 Å². The fourth-order valence-electron chi connectivity index (χ4n) is 1.20. The van der Waals surface area contributed by atoms with Crippen LogP contribution in [0.1, 0.15) is 27.2 Å². The SMILES string of the molecule is CC(C)(C)OC(=O)NCCCOc1ccc(I)cn1. The van der Waals surface area contributed by atoms with Crippen LogP contribution in [0.25, 0.3) is 0 Å². The number of nitrogens with one attached hydrogen (secondary N) is 1. The molecule has 106 valence electrons. The number of hydrogen-bond acceptors (Lipinski definition) is 4. The normalized spacial score (nSPS) is 10.9. The van der Waals surface area contributed by atoms with Gasteiger partial charge in [-0.05, 0) is 55.8 Å². The van der Waals surface area contributed by atoms with Gasteiger partial charge in [-0.1, -0.05) is 0 Å². The second kappa shape index (κ2) is 7.52. The molecule has 1 rings (SSSR count). The maximum absolute atomic E-state index is 11.3. The van der Waals surface area contributed by atoms with Crippen LogP contribution in [0, 0.1) is 3.57 Å². The van der Waals surface area contributed by atoms with E-state index in [-0.39, 0.29) is 0 Å². The van der Waals surface area contributed by atoms with Crippen molar-refractivity contribution >= 4 is 28.7 Å². The summed E-state index contributed by atoms with van der Waals surface area (Å²) >= 11 is 2.19. The van der Waals surface area contributed by atoms with Crippen LogP contribution in [-0.2, 0) is 4.74 Å². The van der Waals surface area contributed by atoms with Crippen LogP contribution in [-0.4, -0.2) is 29.8 Å². The zero-order chi connectivity index (χ0) is 14.3. The first kappa shape index (κ1) is 16.0. The lowest BCUT2D eigenvalue weighted by atomic mass is 10.2. The molecule has 1 N–H and O–H groups in total. The molecule has 0 radical (unpaired) electrons. The highest BCUT2D eigenvalue weighted by Gasteiger charge is 2.15. The molecule has 0 bridgehead atoms. The number of pyridine rings is 1. The molecule has 6 heteroatoms. The number of halogens is 1. The lowest BCUT2D eigenvalue weighted by Gasteiger charge is -2.19. The highest BCUT2D eigenvalue weighted by atomic mass is 127. The summed E-state index contributed by atoms with van der Waals surface area (Å²) < 4.78 is 11.6. The third-order valence-electron chi connectivity index (χ3n) is 1.94. The minimum Gasteiger partial charge on any atom is -0.478 e. The first-order chi connectivity index (χ1) is 8.87. The average molecular weight is 378 g/mol. The van der Waals surface area contributed by atoms with E-state index in [4.69, 9.17) is 9.47 Å². The Morgan fingerprint density at radius 2 is 2.16 bits per heavy atom. The van der Waals surface area contributed by atoms with Gasteiger partial charge in [0.2, 0.25) is 5.88 Å². The number of ether oxygens (including phenoxy) is 2. The Morgan fingerprint density at radius 1 is 1.42 bits per heavy atom. The summed E-state index contributed by atoms with van der Waals surface area (Å²) in [5.74, 6) is 0.595. The van der Waals surface area contributed by atoms with Crippen molar-refractivity contribution in [2.45, 2.75) is 32.8 Å². The molecular weight excluding hydrogens is 359 g/mol. The van der Waals surface area contributed by atoms with E-state index in [2.05, 4.69) is 32.9 Å². The molecule has 0 aliphatic carbocycles. The summed E-state index contributed by atoms with van der Waals surface area (Å²) in [6.07, 6.45) is 2.04. The van der Waals surface area contributed by atoms with Gasteiger partial charge in [-0.3, -0.25) is 0 Å². The van der Waals surface area contributed by atoms with Gasteiger partial charge < -0.3 is 14.8 Å². The van der Waals surface area contributed by atoms with Crippen molar-refractivity contribution in [3.05, 3.63) is 21.9 Å². The molecule has 0 atom stereocenters. The number of alkyl carbamates (subject to hydrolysis) is 1. The molecule has 1 heterocycles. The van der Waals surface area contributed by atoms with Gasteiger partial charge in [-0.15, -0.1) is 0 Å². The van der Waals surface area contributed by atoms with Crippen molar-refractivity contribution < 1.29 is 14.3 Å². The summed E-state index contributed by atoms with van der Waals surface area (Å²) in [6, 6.07) is 3.75. The molecule has 0 unspecified atom stereocenters. The maximum atomic E-state index is 11.3. The van der Waals surface area contributed by atoms with E-state index in [0.717, 1.165) is 3.57 Å². The molecule has 0 aromatic carbocycles. The quantitative estimate of drug-likeness (QED) is 0.632. The van der Waals surface area contributed by atoms with Crippen LogP contribution in [0.3, 0.4) is 0 Å². The van der Waals surface area contributed by atoms with E-state index in [1.807, 2.05) is 32.9 Å². The van der Waals surface area contributed by atoms with E-state index < -0.39 is 11.7 Å². The standard InChI is InChI=1S/C13H19IN2O3/c1-13(2,3)19-12(17)15-7-4-8-18-11-6-5-10(14)9-16-11/h5-6,9H,4,7-8H2,1-3H3,(H,15,17). The predicted octanol–water partition coefficient (Wildman–Crippen LogP) is 2.98. The molecule has 5 nitrogen and oxygen atoms in total. The Bertz CT molecular complexity index is 401. The summed E-state index contributed by atoms with van der Waals surface area (Å²) in [7, 11) is 0. The number of aromatic nitrogens is 1. The molecular formula is C13H19IN2O3. The molecule has 1 amide bonds. The molecule has 0 aliphatic rings. The van der Waals surface area contributed by atoms with Crippen molar-refractivity contribution in [2.75, 3.05) is 13.2 Å². The Hall–Kier alpha value is -1.05. The fraction of sp³-hybridized carbons (Fsp3) is 0.538. The molecule has 0 saturated heterocycles. The van der Waals surface area contributed by atoms with Gasteiger partial charge in [0, 0.05) is 22.4 Å². The van der Waals surface area contributed by atoms with Crippen LogP contribution >= 0.6 is 22.6 Å². The van der Waals surface area contributed by atoms with Crippen molar-refractivity contribution in [1.29, 1.82) is 0 Å². The molecule has 0 saturated carbocycles. The number of carbonyl (C=O) groups is 1. The maximum Gasteiger partial charge on any atom is 0.407 e. The van der Waals surface area contributed by atoms with E-state index >= 15 is 0 Å². The first-order valence-corrected chi connectivity index (χ1v) is 7.16. The lowest BCUT2D eigenvalue weighted by Crippen LogP contribution is -2.33. The Morgan fingerprint density at radius 3 is 2.74 bits per heavy atom. The number of rotatable bonds is 5. The summed E-state index contributed by atoms with van der Waals surface area (Å²) in [6.45, 7) is 6.51. The van der Waals surface area contributed by atoms with Gasteiger partial charge in [0.25, 0.3) is 0 Å². The van der Waals surface area contributed by atoms with Crippen molar-refractivity contribution in [3.63, 3.8) is 0 Å². The first-order valence-electron chi connectivity index (χ1n) is 6.08. The molecule has 0 spiro atoms. The van der Waals surface area contributed by atoms with Crippen LogP contribution in [0.4, 0.5) is 4.79 Å². The van der Waals surface area contributed by atoms with Gasteiger partial charge in [0.05, 0.1) is 6.61 Å². The van der Waals surface area contributed by atoms with Crippen LogP contribution in [0.2, 0.25) is 0 Å². The van der Waals surface area contributed by atoms with E-state index in [1.54, 1.807) is 6.20 Å². The molecule has 0 fully saturated rings. The third kappa shape index (κ3) is 7.86. The Labute approximate surface area is 127 Å². The van der Waals surface area contributed by atoms with E-state index in [0.29, 0.717) is 25.5 Å². The topological polar surface area (TPSA) is 60.5 Å². The molecule has 19 heavy (non-hydrogen) atoms. The fourth-order valence-corrected chi connectivity index (χ4v) is 1.52. The van der Waals surface area contributed by atoms with Crippen molar-refractivity contribution in [1.82, 2.24) is 10.3 Å². The third-order valence-corrected chi connectivity index (χ3v) is 2.58. The summed E-state index contributed by atoms with van der Waals surface area (Å²) in [5.41, 5.74) is -0.467. The highest BCUT2D eigenvalue weighted by molar-refractivity contribution is 14.1. The summed E-state index contributed by atoms with van der Waals surface area (Å²) in [5, 5.41) is 2.67. The average Bonchev–Trinajstić information content (AvgIpc) is 2.29. The number of carbonyl (C=O) groups excluding carboxylic acids is 1. The smallest absolute Gasteiger partial charge is 0.407 e. The van der Waals surface area contributed by atoms with Gasteiger partial charge in [0.15, 0.2) is 0 Å². The van der Waals surface area contributed by atoms with Crippen molar-refractivity contribution in [2.24, 2.45) is 0 Å². The number of hydrogen-bond donors (Lipinski definition) is 1. The number of nitrogens with zero attached hydrogens (tertiary/aromatic N) is 1. The van der Waals surface area contributed by atoms with Crippen LogP contribution in [0.5, 0.6) is 5.88 Å². The van der Waals surface area contributed by atoms with Crippen LogP contribution in [0.15, 0.2) is 18.3 Å². The zero-order valence-corrected chi connectivity index (χ0v) is 13.6. The van der Waals surface area contributed by atoms with Gasteiger partial charge in [0.1, 0.15) is 5.60 Å². The zero-order valence-electron chi connectivity index (χ0n) is 11.4. The largest absolute Gasteiger partial charge is 0.478 e. The van der Waals surface area contributed by atoms with Gasteiger partial charge in [-0.2, -0.15) is 0 Å². The van der Waals surface area contributed by atoms with E-state index in [1.165, 1.54) is 0 Å². The molecule has 0 aliphatic heterocycles. The monoisotopic (exact) mass is 378 g/mol. The molecule has 1 aromatic heterocycles. The molecule has 1 aromatic rings. The summed E-state index contributed by atoms with van der Waals surface area (Å²) in [4.78, 5) is 15.5. The minimum absolute atomic E-state index is 0.403.